The molecule has 1 fully saturated rings. The van der Waals surface area contributed by atoms with Gasteiger partial charge in [-0.3, -0.25) is 9.59 Å². The van der Waals surface area contributed by atoms with Gasteiger partial charge in [0.2, 0.25) is 0 Å². The third-order valence-electron chi connectivity index (χ3n) is 4.92. The molecule has 1 saturated heterocycles. The standard InChI is InChI=1S/C21H29NO6/c1-5-26-21(25)17-8-10-22(11-9-17)20(24)16(4)28-19(23)13-27-18-7-6-14(2)15(3)12-18/h6-7,12,16-17H,5,8-11,13H2,1-4H3. The number of benzene rings is 1. The first-order chi connectivity index (χ1) is 13.3. The van der Waals surface area contributed by atoms with Gasteiger partial charge in [-0.2, -0.15) is 0 Å². The Hall–Kier alpha value is -2.57. The van der Waals surface area contributed by atoms with Crippen LogP contribution in [-0.2, 0) is 23.9 Å². The third-order valence-corrected chi connectivity index (χ3v) is 4.92. The van der Waals surface area contributed by atoms with Crippen LogP contribution in [0.3, 0.4) is 0 Å². The summed E-state index contributed by atoms with van der Waals surface area (Å²) in [5.74, 6) is -0.659. The summed E-state index contributed by atoms with van der Waals surface area (Å²) >= 11 is 0. The van der Waals surface area contributed by atoms with Gasteiger partial charge in [-0.1, -0.05) is 6.07 Å². The van der Waals surface area contributed by atoms with Crippen molar-refractivity contribution in [2.75, 3.05) is 26.3 Å². The van der Waals surface area contributed by atoms with E-state index in [1.807, 2.05) is 26.0 Å². The molecule has 1 aliphatic rings. The quantitative estimate of drug-likeness (QED) is 0.664. The molecule has 1 unspecified atom stereocenters. The first kappa shape index (κ1) is 21.7. The second-order valence-electron chi connectivity index (χ2n) is 7.02. The summed E-state index contributed by atoms with van der Waals surface area (Å²) in [7, 11) is 0. The van der Waals surface area contributed by atoms with Crippen molar-refractivity contribution in [3.8, 4) is 5.75 Å². The zero-order valence-electron chi connectivity index (χ0n) is 17.0. The Morgan fingerprint density at radius 1 is 1.14 bits per heavy atom. The minimum absolute atomic E-state index is 0.173. The topological polar surface area (TPSA) is 82.1 Å². The fourth-order valence-corrected chi connectivity index (χ4v) is 3.08. The lowest BCUT2D eigenvalue weighted by Crippen LogP contribution is -2.45. The Morgan fingerprint density at radius 2 is 1.82 bits per heavy atom. The molecule has 1 heterocycles. The van der Waals surface area contributed by atoms with E-state index < -0.39 is 12.1 Å². The van der Waals surface area contributed by atoms with Crippen molar-refractivity contribution in [2.24, 2.45) is 5.92 Å². The summed E-state index contributed by atoms with van der Waals surface area (Å²) < 4.78 is 15.7. The van der Waals surface area contributed by atoms with Crippen LogP contribution in [0.4, 0.5) is 0 Å². The molecular weight excluding hydrogens is 362 g/mol. The highest BCUT2D eigenvalue weighted by Crippen LogP contribution is 2.20. The number of nitrogens with zero attached hydrogens (tertiary/aromatic N) is 1. The van der Waals surface area contributed by atoms with E-state index in [0.717, 1.165) is 11.1 Å². The van der Waals surface area contributed by atoms with Crippen molar-refractivity contribution in [1.29, 1.82) is 0 Å². The normalized spacial score (nSPS) is 15.6. The van der Waals surface area contributed by atoms with E-state index in [-0.39, 0.29) is 24.4 Å². The highest BCUT2D eigenvalue weighted by molar-refractivity contribution is 5.84. The van der Waals surface area contributed by atoms with Gasteiger partial charge in [-0.05, 0) is 63.8 Å². The molecule has 154 valence electrons. The first-order valence-corrected chi connectivity index (χ1v) is 9.66. The van der Waals surface area contributed by atoms with E-state index in [1.54, 1.807) is 24.8 Å². The number of rotatable bonds is 7. The molecule has 1 aliphatic heterocycles. The summed E-state index contributed by atoms with van der Waals surface area (Å²) in [5.41, 5.74) is 2.21. The maximum absolute atomic E-state index is 12.5. The number of hydrogen-bond donors (Lipinski definition) is 0. The van der Waals surface area contributed by atoms with E-state index in [9.17, 15) is 14.4 Å². The lowest BCUT2D eigenvalue weighted by Gasteiger charge is -2.32. The van der Waals surface area contributed by atoms with Crippen LogP contribution in [0, 0.1) is 19.8 Å². The van der Waals surface area contributed by atoms with Gasteiger partial charge < -0.3 is 19.1 Å². The Morgan fingerprint density at radius 3 is 2.43 bits per heavy atom. The molecule has 0 saturated carbocycles. The lowest BCUT2D eigenvalue weighted by atomic mass is 9.97. The number of amides is 1. The van der Waals surface area contributed by atoms with Gasteiger partial charge in [0.15, 0.2) is 12.7 Å². The lowest BCUT2D eigenvalue weighted by molar-refractivity contribution is -0.162. The number of likely N-dealkylation sites (tertiary alicyclic amines) is 1. The van der Waals surface area contributed by atoms with Crippen molar-refractivity contribution in [1.82, 2.24) is 4.90 Å². The highest BCUT2D eigenvalue weighted by atomic mass is 16.6. The van der Waals surface area contributed by atoms with Gasteiger partial charge in [0.25, 0.3) is 5.91 Å². The zero-order valence-corrected chi connectivity index (χ0v) is 17.0. The van der Waals surface area contributed by atoms with Crippen LogP contribution in [0.2, 0.25) is 0 Å². The smallest absolute Gasteiger partial charge is 0.344 e. The SMILES string of the molecule is CCOC(=O)C1CCN(C(=O)C(C)OC(=O)COc2ccc(C)c(C)c2)CC1. The summed E-state index contributed by atoms with van der Waals surface area (Å²) in [6.45, 7) is 8.28. The molecule has 1 amide bonds. The van der Waals surface area contributed by atoms with Gasteiger partial charge in [-0.15, -0.1) is 0 Å². The fourth-order valence-electron chi connectivity index (χ4n) is 3.08. The van der Waals surface area contributed by atoms with Crippen LogP contribution in [-0.4, -0.2) is 55.2 Å². The molecule has 0 N–H and O–H groups in total. The Bertz CT molecular complexity index is 709. The maximum atomic E-state index is 12.5. The van der Waals surface area contributed by atoms with Gasteiger partial charge in [-0.25, -0.2) is 4.79 Å². The molecule has 2 rings (SSSR count). The third kappa shape index (κ3) is 5.97. The van der Waals surface area contributed by atoms with Crippen LogP contribution in [0.25, 0.3) is 0 Å². The molecule has 7 heteroatoms. The number of carbonyl (C=O) groups excluding carboxylic acids is 3. The fraction of sp³-hybridized carbons (Fsp3) is 0.571. The van der Waals surface area contributed by atoms with Gasteiger partial charge >= 0.3 is 11.9 Å². The van der Waals surface area contributed by atoms with E-state index >= 15 is 0 Å². The molecule has 28 heavy (non-hydrogen) atoms. The Kier molecular flexibility index (Phi) is 7.84. The molecule has 1 atom stereocenters. The second kappa shape index (κ2) is 10.1. The van der Waals surface area contributed by atoms with Crippen molar-refractivity contribution in [3.63, 3.8) is 0 Å². The van der Waals surface area contributed by atoms with Crippen LogP contribution in [0.1, 0.15) is 37.8 Å². The Balaban J connectivity index is 1.76. The van der Waals surface area contributed by atoms with E-state index in [4.69, 9.17) is 14.2 Å². The summed E-state index contributed by atoms with van der Waals surface area (Å²) in [5, 5.41) is 0. The summed E-state index contributed by atoms with van der Waals surface area (Å²) in [4.78, 5) is 37.9. The Labute approximate surface area is 165 Å². The molecule has 1 aromatic carbocycles. The molecule has 0 bridgehead atoms. The van der Waals surface area contributed by atoms with Crippen molar-refractivity contribution in [2.45, 2.75) is 46.6 Å². The van der Waals surface area contributed by atoms with Crippen LogP contribution < -0.4 is 4.74 Å². The second-order valence-corrected chi connectivity index (χ2v) is 7.02. The minimum Gasteiger partial charge on any atom is -0.482 e. The number of hydrogen-bond acceptors (Lipinski definition) is 6. The van der Waals surface area contributed by atoms with Gasteiger partial charge in [0.1, 0.15) is 5.75 Å². The van der Waals surface area contributed by atoms with Crippen LogP contribution in [0.5, 0.6) is 5.75 Å². The molecule has 1 aromatic rings. The average Bonchev–Trinajstić information content (AvgIpc) is 2.68. The summed E-state index contributed by atoms with van der Waals surface area (Å²) in [6.07, 6.45) is 0.220. The molecular formula is C21H29NO6. The number of ether oxygens (including phenoxy) is 3. The predicted octanol–water partition coefficient (Wildman–Crippen LogP) is 2.42. The predicted molar refractivity (Wildman–Crippen MR) is 103 cm³/mol. The monoisotopic (exact) mass is 391 g/mol. The molecule has 0 radical (unpaired) electrons. The van der Waals surface area contributed by atoms with Crippen molar-refractivity contribution in [3.05, 3.63) is 29.3 Å². The van der Waals surface area contributed by atoms with Crippen molar-refractivity contribution < 1.29 is 28.6 Å². The molecule has 0 aliphatic carbocycles. The first-order valence-electron chi connectivity index (χ1n) is 9.66. The van der Waals surface area contributed by atoms with E-state index in [2.05, 4.69) is 0 Å². The number of piperidine rings is 1. The molecule has 0 spiro atoms. The minimum atomic E-state index is -0.894. The maximum Gasteiger partial charge on any atom is 0.344 e. The molecule has 7 nitrogen and oxygen atoms in total. The van der Waals surface area contributed by atoms with Crippen molar-refractivity contribution >= 4 is 17.8 Å². The number of aryl methyl sites for hydroxylation is 2. The number of esters is 2. The zero-order chi connectivity index (χ0) is 20.7. The summed E-state index contributed by atoms with van der Waals surface area (Å²) in [6, 6.07) is 5.56. The van der Waals surface area contributed by atoms with Gasteiger partial charge in [0, 0.05) is 13.1 Å². The van der Waals surface area contributed by atoms with Gasteiger partial charge in [0.05, 0.1) is 12.5 Å². The average molecular weight is 391 g/mol. The van der Waals surface area contributed by atoms with Crippen LogP contribution >= 0.6 is 0 Å². The van der Waals surface area contributed by atoms with E-state index in [0.29, 0.717) is 38.3 Å². The molecule has 0 aromatic heterocycles. The van der Waals surface area contributed by atoms with Crippen LogP contribution in [0.15, 0.2) is 18.2 Å². The highest BCUT2D eigenvalue weighted by Gasteiger charge is 2.31. The van der Waals surface area contributed by atoms with E-state index in [1.165, 1.54) is 0 Å². The largest absolute Gasteiger partial charge is 0.482 e. The number of carbonyl (C=O) groups is 3.